The Morgan fingerprint density at radius 1 is 1.09 bits per heavy atom. The van der Waals surface area contributed by atoms with Gasteiger partial charge in [0.15, 0.2) is 0 Å². The summed E-state index contributed by atoms with van der Waals surface area (Å²) in [7, 11) is 5.52. The van der Waals surface area contributed by atoms with Gasteiger partial charge in [0.2, 0.25) is 5.78 Å². The Morgan fingerprint density at radius 3 is 2.38 bits per heavy atom. The second-order valence-corrected chi connectivity index (χ2v) is 8.59. The van der Waals surface area contributed by atoms with E-state index in [0.717, 1.165) is 10.6 Å². The number of amides is 1. The largest absolute Gasteiger partial charge is 0.872 e. The van der Waals surface area contributed by atoms with E-state index in [-0.39, 0.29) is 5.57 Å². The maximum atomic E-state index is 13.7. The van der Waals surface area contributed by atoms with Crippen LogP contribution in [-0.2, 0) is 9.59 Å². The van der Waals surface area contributed by atoms with Crippen LogP contribution in [0.3, 0.4) is 0 Å². The second kappa shape index (κ2) is 9.52. The molecular formula is C26H28N4O4. The fraction of sp³-hybridized carbons (Fsp3) is 0.269. The van der Waals surface area contributed by atoms with Crippen molar-refractivity contribution in [2.45, 2.75) is 13.0 Å². The summed E-state index contributed by atoms with van der Waals surface area (Å²) < 4.78 is 6.91. The molecule has 34 heavy (non-hydrogen) atoms. The number of rotatable bonds is 7. The van der Waals surface area contributed by atoms with E-state index < -0.39 is 23.5 Å². The minimum Gasteiger partial charge on any atom is -0.872 e. The molecule has 3 aromatic rings. The highest BCUT2D eigenvalue weighted by Crippen LogP contribution is 2.39. The van der Waals surface area contributed by atoms with E-state index in [1.54, 1.807) is 43.0 Å². The van der Waals surface area contributed by atoms with Crippen molar-refractivity contribution in [3.05, 3.63) is 83.2 Å². The third kappa shape index (κ3) is 4.20. The van der Waals surface area contributed by atoms with Gasteiger partial charge in [-0.15, -0.1) is 0 Å². The van der Waals surface area contributed by atoms with Crippen molar-refractivity contribution < 1.29 is 24.3 Å². The van der Waals surface area contributed by atoms with Crippen molar-refractivity contribution in [3.63, 3.8) is 0 Å². The van der Waals surface area contributed by atoms with Crippen LogP contribution in [0.15, 0.2) is 66.4 Å². The number of aromatic nitrogens is 2. The molecule has 0 saturated carbocycles. The van der Waals surface area contributed by atoms with Crippen LogP contribution < -0.4 is 14.7 Å². The molecule has 0 radical (unpaired) electrons. The van der Waals surface area contributed by atoms with Gasteiger partial charge in [-0.1, -0.05) is 36.1 Å². The number of likely N-dealkylation sites (N-methyl/N-ethyl adjacent to an activating group) is 1. The number of carbonyl (C=O) groups excluding carboxylic acids is 2. The molecule has 1 saturated heterocycles. The third-order valence-electron chi connectivity index (χ3n) is 6.07. The Labute approximate surface area is 198 Å². The molecule has 2 aromatic carbocycles. The smallest absolute Gasteiger partial charge is 0.295 e. The molecule has 1 fully saturated rings. The first kappa shape index (κ1) is 23.3. The van der Waals surface area contributed by atoms with Gasteiger partial charge in [-0.2, -0.15) is 5.10 Å². The quantitative estimate of drug-likeness (QED) is 0.316. The van der Waals surface area contributed by atoms with Gasteiger partial charge in [-0.25, -0.2) is 4.68 Å². The summed E-state index contributed by atoms with van der Waals surface area (Å²) in [5, 5.41) is 18.1. The summed E-state index contributed by atoms with van der Waals surface area (Å²) in [5.74, 6) is -1.24. The Kier molecular flexibility index (Phi) is 6.51. The minimum atomic E-state index is -0.766. The number of Topliss-reactive ketones (excluding diaryl/α,β-unsaturated/α-hetero) is 1. The van der Waals surface area contributed by atoms with Crippen LogP contribution in [0, 0.1) is 6.92 Å². The van der Waals surface area contributed by atoms with Crippen molar-refractivity contribution in [3.8, 4) is 11.4 Å². The van der Waals surface area contributed by atoms with Crippen LogP contribution in [0.2, 0.25) is 0 Å². The lowest BCUT2D eigenvalue weighted by Gasteiger charge is -2.27. The summed E-state index contributed by atoms with van der Waals surface area (Å²) in [4.78, 5) is 28.8. The number of carbonyl (C=O) groups is 2. The zero-order chi connectivity index (χ0) is 24.4. The van der Waals surface area contributed by atoms with Crippen molar-refractivity contribution in [1.29, 1.82) is 0 Å². The molecule has 1 aromatic heterocycles. The molecule has 0 spiro atoms. The highest BCUT2D eigenvalue weighted by atomic mass is 16.5. The topological polar surface area (TPSA) is 91.9 Å². The number of hydrogen-bond donors (Lipinski definition) is 1. The van der Waals surface area contributed by atoms with Gasteiger partial charge in [0.1, 0.15) is 5.75 Å². The predicted molar refractivity (Wildman–Crippen MR) is 125 cm³/mol. The number of ether oxygens (including phenoxy) is 1. The maximum absolute atomic E-state index is 13.7. The van der Waals surface area contributed by atoms with Crippen LogP contribution in [0.25, 0.3) is 11.4 Å². The van der Waals surface area contributed by atoms with E-state index in [1.165, 1.54) is 11.1 Å². The van der Waals surface area contributed by atoms with Crippen molar-refractivity contribution in [2.75, 3.05) is 34.3 Å². The normalized spacial score (nSPS) is 17.6. The van der Waals surface area contributed by atoms with Crippen molar-refractivity contribution in [1.82, 2.24) is 14.7 Å². The molecule has 4 rings (SSSR count). The summed E-state index contributed by atoms with van der Waals surface area (Å²) in [6.45, 7) is 2.77. The molecule has 0 bridgehead atoms. The third-order valence-corrected chi connectivity index (χ3v) is 6.07. The van der Waals surface area contributed by atoms with Crippen molar-refractivity contribution in [2.24, 2.45) is 0 Å². The van der Waals surface area contributed by atoms with E-state index in [2.05, 4.69) is 5.10 Å². The standard InChI is InChI=1S/C26H28N4O4/c1-17-21(16-27-30(17)19-8-6-5-7-9-19)24(31)22-23(18-10-12-20(34-4)13-11-18)29(15-14-28(2)3)26(33)25(22)32/h5-13,16,23,31H,14-15H2,1-4H3. The van der Waals surface area contributed by atoms with Crippen LogP contribution in [-0.4, -0.2) is 60.7 Å². The fourth-order valence-electron chi connectivity index (χ4n) is 4.18. The molecule has 1 unspecified atom stereocenters. The number of nitrogens with zero attached hydrogens (tertiary/aromatic N) is 3. The number of para-hydroxylation sites is 1. The Morgan fingerprint density at radius 2 is 1.76 bits per heavy atom. The molecule has 1 aliphatic heterocycles. The number of likely N-dealkylation sites (tertiary alicyclic amines) is 1. The lowest BCUT2D eigenvalue weighted by atomic mass is 9.95. The number of methoxy groups -OCH3 is 1. The lowest BCUT2D eigenvalue weighted by molar-refractivity contribution is -0.857. The Hall–Kier alpha value is -3.91. The molecule has 8 heteroatoms. The number of quaternary nitrogens is 1. The SMILES string of the molecule is COc1ccc(C2C(=C([O-])c3cnn(-c4ccccc4)c3C)C(=O)C(=O)N2CC[NH+](C)C)cc1. The molecule has 176 valence electrons. The average Bonchev–Trinajstić information content (AvgIpc) is 3.35. The van der Waals surface area contributed by atoms with E-state index in [4.69, 9.17) is 4.74 Å². The van der Waals surface area contributed by atoms with Crippen molar-refractivity contribution >= 4 is 17.4 Å². The molecule has 0 aliphatic carbocycles. The van der Waals surface area contributed by atoms with E-state index in [0.29, 0.717) is 35.7 Å². The van der Waals surface area contributed by atoms with Gasteiger partial charge in [-0.05, 0) is 36.8 Å². The lowest BCUT2D eigenvalue weighted by Crippen LogP contribution is -3.06. The highest BCUT2D eigenvalue weighted by Gasteiger charge is 2.44. The fourth-order valence-corrected chi connectivity index (χ4v) is 4.18. The van der Waals surface area contributed by atoms with E-state index >= 15 is 0 Å². The van der Waals surface area contributed by atoms with E-state index in [1.807, 2.05) is 44.4 Å². The van der Waals surface area contributed by atoms with Gasteiger partial charge in [0.05, 0.1) is 52.2 Å². The van der Waals surface area contributed by atoms with Gasteiger partial charge >= 0.3 is 0 Å². The number of benzene rings is 2. The Bertz CT molecular complexity index is 1230. The second-order valence-electron chi connectivity index (χ2n) is 8.59. The van der Waals surface area contributed by atoms with Gasteiger partial charge in [0, 0.05) is 16.8 Å². The Balaban J connectivity index is 1.83. The monoisotopic (exact) mass is 460 g/mol. The first-order valence-electron chi connectivity index (χ1n) is 11.1. The zero-order valence-corrected chi connectivity index (χ0v) is 19.7. The first-order valence-corrected chi connectivity index (χ1v) is 11.1. The highest BCUT2D eigenvalue weighted by molar-refractivity contribution is 6.46. The zero-order valence-electron chi connectivity index (χ0n) is 19.7. The number of ketones is 1. The number of hydrogen-bond acceptors (Lipinski definition) is 5. The number of nitrogens with one attached hydrogen (secondary N) is 1. The summed E-state index contributed by atoms with van der Waals surface area (Å²) >= 11 is 0. The minimum absolute atomic E-state index is 0.0420. The molecule has 2 heterocycles. The predicted octanol–water partition coefficient (Wildman–Crippen LogP) is 0.558. The molecule has 1 aliphatic rings. The first-order chi connectivity index (χ1) is 16.3. The van der Waals surface area contributed by atoms with Gasteiger partial charge < -0.3 is 19.6 Å². The average molecular weight is 461 g/mol. The summed E-state index contributed by atoms with van der Waals surface area (Å²) in [5.41, 5.74) is 2.36. The molecule has 1 atom stereocenters. The maximum Gasteiger partial charge on any atom is 0.295 e. The molecule has 8 nitrogen and oxygen atoms in total. The van der Waals surface area contributed by atoms with Gasteiger partial charge in [-0.3, -0.25) is 9.59 Å². The molecule has 1 amide bonds. The van der Waals surface area contributed by atoms with Crippen LogP contribution in [0.5, 0.6) is 5.75 Å². The molecular weight excluding hydrogens is 432 g/mol. The summed E-state index contributed by atoms with van der Waals surface area (Å²) in [6.07, 6.45) is 1.47. The van der Waals surface area contributed by atoms with Crippen LogP contribution >= 0.6 is 0 Å². The van der Waals surface area contributed by atoms with Gasteiger partial charge in [0.25, 0.3) is 5.91 Å². The molecule has 1 N–H and O–H groups in total. The van der Waals surface area contributed by atoms with Crippen LogP contribution in [0.4, 0.5) is 0 Å². The van der Waals surface area contributed by atoms with E-state index in [9.17, 15) is 14.7 Å². The van der Waals surface area contributed by atoms with Crippen LogP contribution in [0.1, 0.15) is 22.9 Å². The summed E-state index contributed by atoms with van der Waals surface area (Å²) in [6, 6.07) is 15.8.